The van der Waals surface area contributed by atoms with E-state index in [2.05, 4.69) is 35.1 Å². The molecular formula is C17H15N5O. The summed E-state index contributed by atoms with van der Waals surface area (Å²) in [7, 11) is 0. The predicted octanol–water partition coefficient (Wildman–Crippen LogP) is 3.02. The van der Waals surface area contributed by atoms with E-state index < -0.39 is 0 Å². The van der Waals surface area contributed by atoms with Crippen LogP contribution in [0.1, 0.15) is 30.7 Å². The number of hydrogen-bond acceptors (Lipinski definition) is 5. The highest BCUT2D eigenvalue weighted by atomic mass is 16.3. The van der Waals surface area contributed by atoms with Crippen LogP contribution >= 0.6 is 0 Å². The number of nitrogens with one attached hydrogen (secondary N) is 1. The summed E-state index contributed by atoms with van der Waals surface area (Å²) in [5.41, 5.74) is 10.6. The smallest absolute Gasteiger partial charge is 0.142 e. The number of nitrogens with zero attached hydrogens (tertiary/aromatic N) is 3. The molecule has 23 heavy (non-hydrogen) atoms. The molecule has 0 saturated heterocycles. The highest BCUT2D eigenvalue weighted by molar-refractivity contribution is 5.85. The van der Waals surface area contributed by atoms with E-state index in [1.807, 2.05) is 6.07 Å². The van der Waals surface area contributed by atoms with E-state index in [0.717, 1.165) is 34.5 Å². The lowest BCUT2D eigenvalue weighted by Crippen LogP contribution is -2.28. The maximum Gasteiger partial charge on any atom is 0.142 e. The van der Waals surface area contributed by atoms with Gasteiger partial charge in [-0.15, -0.1) is 0 Å². The summed E-state index contributed by atoms with van der Waals surface area (Å²) in [6, 6.07) is 5.84. The molecule has 0 aromatic carbocycles. The number of H-pyrrole nitrogens is 1. The zero-order chi connectivity index (χ0) is 16.2. The summed E-state index contributed by atoms with van der Waals surface area (Å²) >= 11 is 0. The molecule has 3 heterocycles. The van der Waals surface area contributed by atoms with Gasteiger partial charge in [0.1, 0.15) is 23.2 Å². The number of anilines is 1. The molecule has 1 aliphatic rings. The van der Waals surface area contributed by atoms with Gasteiger partial charge in [-0.3, -0.25) is 5.10 Å². The molecule has 114 valence electrons. The Bertz CT molecular complexity index is 944. The summed E-state index contributed by atoms with van der Waals surface area (Å²) in [6.45, 7) is 4.25. The molecule has 3 aromatic heterocycles. The Morgan fingerprint density at radius 1 is 1.43 bits per heavy atom. The fraction of sp³-hybridized carbons (Fsp3) is 0.235. The lowest BCUT2D eigenvalue weighted by atomic mass is 9.71. The second kappa shape index (κ2) is 4.46. The quantitative estimate of drug-likeness (QED) is 0.719. The first-order valence-electron chi connectivity index (χ1n) is 7.33. The fourth-order valence-corrected chi connectivity index (χ4v) is 3.42. The maximum absolute atomic E-state index is 9.59. The third kappa shape index (κ3) is 1.80. The number of hydrogen-bond donors (Lipinski definition) is 2. The van der Waals surface area contributed by atoms with E-state index in [9.17, 15) is 5.26 Å². The van der Waals surface area contributed by atoms with Crippen molar-refractivity contribution < 1.29 is 4.42 Å². The van der Waals surface area contributed by atoms with Gasteiger partial charge < -0.3 is 10.2 Å². The van der Waals surface area contributed by atoms with E-state index in [4.69, 9.17) is 10.2 Å². The van der Waals surface area contributed by atoms with Crippen molar-refractivity contribution in [1.29, 1.82) is 5.26 Å². The third-order valence-corrected chi connectivity index (χ3v) is 4.37. The molecule has 0 amide bonds. The number of pyridine rings is 1. The standard InChI is InChI=1S/C17H15N5O/c1-17(2)6-11-10(8-20-22-11)15-14(17)13(12-4-3-5-23-12)9(7-18)16(19)21-15/h3-5,8H,6H2,1-2H3,(H2,19,21)(H,20,22). The molecule has 0 saturated carbocycles. The number of nitrogen functional groups attached to an aromatic ring is 1. The van der Waals surface area contributed by atoms with Crippen molar-refractivity contribution in [3.63, 3.8) is 0 Å². The van der Waals surface area contributed by atoms with Gasteiger partial charge in [0.25, 0.3) is 0 Å². The van der Waals surface area contributed by atoms with Crippen LogP contribution < -0.4 is 5.73 Å². The van der Waals surface area contributed by atoms with E-state index in [1.165, 1.54) is 0 Å². The molecule has 3 N–H and O–H groups in total. The van der Waals surface area contributed by atoms with Crippen LogP contribution in [0, 0.1) is 11.3 Å². The summed E-state index contributed by atoms with van der Waals surface area (Å²) in [6.07, 6.45) is 4.13. The van der Waals surface area contributed by atoms with E-state index in [-0.39, 0.29) is 11.2 Å². The fourth-order valence-electron chi connectivity index (χ4n) is 3.42. The van der Waals surface area contributed by atoms with Crippen LogP contribution in [0.25, 0.3) is 22.6 Å². The molecule has 0 fully saturated rings. The first-order valence-corrected chi connectivity index (χ1v) is 7.33. The van der Waals surface area contributed by atoms with Crippen molar-refractivity contribution in [1.82, 2.24) is 15.2 Å². The van der Waals surface area contributed by atoms with E-state index >= 15 is 0 Å². The lowest BCUT2D eigenvalue weighted by Gasteiger charge is -2.33. The van der Waals surface area contributed by atoms with Crippen LogP contribution in [0.2, 0.25) is 0 Å². The molecule has 1 aliphatic carbocycles. The summed E-state index contributed by atoms with van der Waals surface area (Å²) in [4.78, 5) is 4.52. The molecule has 4 rings (SSSR count). The van der Waals surface area contributed by atoms with Crippen LogP contribution in [0.4, 0.5) is 5.82 Å². The average molecular weight is 305 g/mol. The molecule has 6 nitrogen and oxygen atoms in total. The van der Waals surface area contributed by atoms with Gasteiger partial charge in [0.15, 0.2) is 0 Å². The second-order valence-corrected chi connectivity index (χ2v) is 6.38. The van der Waals surface area contributed by atoms with Crippen LogP contribution in [-0.2, 0) is 11.8 Å². The van der Waals surface area contributed by atoms with Gasteiger partial charge in [0.2, 0.25) is 0 Å². The second-order valence-electron chi connectivity index (χ2n) is 6.38. The van der Waals surface area contributed by atoms with Gasteiger partial charge in [-0.2, -0.15) is 10.4 Å². The third-order valence-electron chi connectivity index (χ3n) is 4.37. The van der Waals surface area contributed by atoms with Crippen molar-refractivity contribution in [2.75, 3.05) is 5.73 Å². The van der Waals surface area contributed by atoms with E-state index in [0.29, 0.717) is 11.3 Å². The van der Waals surface area contributed by atoms with Gasteiger partial charge in [-0.1, -0.05) is 13.8 Å². The Morgan fingerprint density at radius 3 is 2.96 bits per heavy atom. The van der Waals surface area contributed by atoms with Gasteiger partial charge in [0.05, 0.1) is 18.2 Å². The van der Waals surface area contributed by atoms with Gasteiger partial charge in [-0.25, -0.2) is 4.98 Å². The first-order chi connectivity index (χ1) is 11.0. The van der Waals surface area contributed by atoms with Gasteiger partial charge >= 0.3 is 0 Å². The summed E-state index contributed by atoms with van der Waals surface area (Å²) < 4.78 is 5.59. The highest BCUT2D eigenvalue weighted by Gasteiger charge is 2.38. The molecule has 0 radical (unpaired) electrons. The van der Waals surface area contributed by atoms with Crippen molar-refractivity contribution in [3.05, 3.63) is 41.4 Å². The Kier molecular flexibility index (Phi) is 2.64. The summed E-state index contributed by atoms with van der Waals surface area (Å²) in [5.74, 6) is 0.842. The minimum atomic E-state index is -0.233. The SMILES string of the molecule is CC1(C)Cc2[nH]ncc2-c2nc(N)c(C#N)c(-c3ccco3)c21. The molecule has 3 aromatic rings. The summed E-state index contributed by atoms with van der Waals surface area (Å²) in [5, 5.41) is 16.8. The molecule has 0 bridgehead atoms. The number of furan rings is 1. The predicted molar refractivity (Wildman–Crippen MR) is 85.4 cm³/mol. The zero-order valence-corrected chi connectivity index (χ0v) is 12.8. The Labute approximate surface area is 133 Å². The Hall–Kier alpha value is -3.07. The van der Waals surface area contributed by atoms with Crippen LogP contribution in [0.15, 0.2) is 29.0 Å². The van der Waals surface area contributed by atoms with Crippen molar-refractivity contribution >= 4 is 5.82 Å². The van der Waals surface area contributed by atoms with Crippen LogP contribution in [-0.4, -0.2) is 15.2 Å². The molecule has 0 unspecified atom stereocenters. The van der Waals surface area contributed by atoms with Crippen molar-refractivity contribution in [3.8, 4) is 28.7 Å². The monoisotopic (exact) mass is 305 g/mol. The number of aromatic amines is 1. The number of nitrogens with two attached hydrogens (primary N) is 1. The molecular weight excluding hydrogens is 290 g/mol. The largest absolute Gasteiger partial charge is 0.464 e. The molecule has 6 heteroatoms. The van der Waals surface area contributed by atoms with Crippen molar-refractivity contribution in [2.24, 2.45) is 0 Å². The highest BCUT2D eigenvalue weighted by Crippen LogP contribution is 2.48. The molecule has 0 aliphatic heterocycles. The molecule has 0 atom stereocenters. The Balaban J connectivity index is 2.18. The maximum atomic E-state index is 9.59. The average Bonchev–Trinajstić information content (AvgIpc) is 3.16. The van der Waals surface area contributed by atoms with Gasteiger partial charge in [0, 0.05) is 16.8 Å². The van der Waals surface area contributed by atoms with Crippen LogP contribution in [0.5, 0.6) is 0 Å². The lowest BCUT2D eigenvalue weighted by molar-refractivity contribution is 0.504. The first kappa shape index (κ1) is 13.6. The minimum absolute atomic E-state index is 0.211. The van der Waals surface area contributed by atoms with Crippen molar-refractivity contribution in [2.45, 2.75) is 25.7 Å². The normalized spacial score (nSPS) is 14.8. The van der Waals surface area contributed by atoms with E-state index in [1.54, 1.807) is 18.5 Å². The number of aromatic nitrogens is 3. The Morgan fingerprint density at radius 2 is 2.26 bits per heavy atom. The zero-order valence-electron chi connectivity index (χ0n) is 12.8. The number of fused-ring (bicyclic) bond motifs is 3. The molecule has 0 spiro atoms. The van der Waals surface area contributed by atoms with Crippen LogP contribution in [0.3, 0.4) is 0 Å². The number of nitriles is 1. The number of rotatable bonds is 1. The topological polar surface area (TPSA) is 105 Å². The van der Waals surface area contributed by atoms with Gasteiger partial charge in [-0.05, 0) is 29.5 Å². The minimum Gasteiger partial charge on any atom is -0.464 e.